The van der Waals surface area contributed by atoms with E-state index in [1.165, 1.54) is 57.8 Å². The van der Waals surface area contributed by atoms with Gasteiger partial charge in [-0.3, -0.25) is 9.59 Å². The summed E-state index contributed by atoms with van der Waals surface area (Å²) in [4.78, 5) is 36.9. The van der Waals surface area contributed by atoms with Crippen molar-refractivity contribution in [3.8, 4) is 0 Å². The number of carbonyl (C=O) groups excluding carboxylic acids is 2. The van der Waals surface area contributed by atoms with Gasteiger partial charge >= 0.3 is 17.9 Å². The third-order valence-corrected chi connectivity index (χ3v) is 9.19. The Balaban J connectivity index is 4.50. The molecule has 0 heterocycles. The zero-order valence-corrected chi connectivity index (χ0v) is 35.6. The first-order valence-electron chi connectivity index (χ1n) is 21.5. The summed E-state index contributed by atoms with van der Waals surface area (Å²) in [5, 5.41) is 9.61. The molecule has 0 rings (SSSR count). The summed E-state index contributed by atoms with van der Waals surface area (Å²) in [6.07, 6.45) is 46.7. The van der Waals surface area contributed by atoms with Gasteiger partial charge in [0.15, 0.2) is 12.1 Å². The van der Waals surface area contributed by atoms with Gasteiger partial charge in [0.2, 0.25) is 0 Å². The quantitative estimate of drug-likeness (QED) is 0.0221. The largest absolute Gasteiger partial charge is 0.477 e. The Hall–Kier alpha value is -3.23. The lowest BCUT2D eigenvalue weighted by Gasteiger charge is -2.31. The van der Waals surface area contributed by atoms with Crippen molar-refractivity contribution in [2.45, 2.75) is 167 Å². The number of hydrogen-bond acceptors (Lipinski definition) is 6. The highest BCUT2D eigenvalue weighted by atomic mass is 16.6. The second-order valence-corrected chi connectivity index (χ2v) is 15.3. The standard InChI is InChI=1S/C47H79NO7/c1-6-8-10-12-14-16-18-20-21-22-23-24-26-28-30-32-34-36-38-46(50)55-43(41-53-40-39-44(47(51)52)48(3,4)5)42-54-45(49)37-35-33-31-29-27-25-19-17-15-13-11-9-7-2/h14,16,18,20-25,27,31,33,43-44H,6-13,15,17,19,26,28-30,32,34-42H2,1-5H3/p+1/b16-14+,20-18+,22-21+,24-23+,27-25+,33-31+. The molecule has 0 saturated carbocycles. The van der Waals surface area contributed by atoms with Crippen molar-refractivity contribution in [3.63, 3.8) is 0 Å². The fourth-order valence-electron chi connectivity index (χ4n) is 5.80. The third-order valence-electron chi connectivity index (χ3n) is 9.19. The predicted molar refractivity (Wildman–Crippen MR) is 229 cm³/mol. The van der Waals surface area contributed by atoms with Crippen LogP contribution >= 0.6 is 0 Å². The molecule has 0 aromatic rings. The minimum absolute atomic E-state index is 0.0304. The maximum Gasteiger partial charge on any atom is 0.362 e. The van der Waals surface area contributed by atoms with Gasteiger partial charge in [0.1, 0.15) is 6.61 Å². The van der Waals surface area contributed by atoms with E-state index < -0.39 is 18.1 Å². The molecule has 0 aliphatic carbocycles. The van der Waals surface area contributed by atoms with Gasteiger partial charge in [0.05, 0.1) is 34.4 Å². The number of quaternary nitrogens is 1. The van der Waals surface area contributed by atoms with Crippen LogP contribution in [0.2, 0.25) is 0 Å². The number of aliphatic carboxylic acids is 1. The van der Waals surface area contributed by atoms with Gasteiger partial charge in [-0.1, -0.05) is 151 Å². The third kappa shape index (κ3) is 36.2. The van der Waals surface area contributed by atoms with E-state index in [1.54, 1.807) is 0 Å². The zero-order chi connectivity index (χ0) is 40.7. The number of hydrogen-bond donors (Lipinski definition) is 1. The number of esters is 2. The molecule has 0 aliphatic rings. The van der Waals surface area contributed by atoms with Crippen LogP contribution in [0.15, 0.2) is 72.9 Å². The number of likely N-dealkylation sites (N-methyl/N-ethyl adjacent to an activating group) is 1. The summed E-state index contributed by atoms with van der Waals surface area (Å²) in [5.74, 6) is -1.59. The van der Waals surface area contributed by atoms with E-state index in [0.29, 0.717) is 12.8 Å². The van der Waals surface area contributed by atoms with E-state index in [9.17, 15) is 19.5 Å². The maximum absolute atomic E-state index is 12.7. The summed E-state index contributed by atoms with van der Waals surface area (Å²) in [5.41, 5.74) is 0. The topological polar surface area (TPSA) is 99.1 Å². The molecule has 55 heavy (non-hydrogen) atoms. The number of ether oxygens (including phenoxy) is 3. The van der Waals surface area contributed by atoms with Gasteiger partial charge in [-0.25, -0.2) is 4.79 Å². The van der Waals surface area contributed by atoms with Gasteiger partial charge in [0, 0.05) is 19.3 Å². The van der Waals surface area contributed by atoms with E-state index in [4.69, 9.17) is 14.2 Å². The molecule has 0 fully saturated rings. The van der Waals surface area contributed by atoms with Crippen molar-refractivity contribution in [2.75, 3.05) is 41.0 Å². The second kappa shape index (κ2) is 37.7. The number of rotatable bonds is 37. The second-order valence-electron chi connectivity index (χ2n) is 15.3. The van der Waals surface area contributed by atoms with Crippen LogP contribution in [-0.2, 0) is 28.6 Å². The van der Waals surface area contributed by atoms with E-state index >= 15 is 0 Å². The molecule has 0 radical (unpaired) electrons. The smallest absolute Gasteiger partial charge is 0.362 e. The number of carboxylic acids is 1. The number of unbranched alkanes of at least 4 members (excludes halogenated alkanes) is 14. The van der Waals surface area contributed by atoms with Gasteiger partial charge in [-0.15, -0.1) is 0 Å². The summed E-state index contributed by atoms with van der Waals surface area (Å²) in [6, 6.07) is -0.629. The van der Waals surface area contributed by atoms with Crippen molar-refractivity contribution < 1.29 is 38.2 Å². The lowest BCUT2D eigenvalue weighted by Crippen LogP contribution is -2.50. The van der Waals surface area contributed by atoms with Crippen LogP contribution in [0.3, 0.4) is 0 Å². The van der Waals surface area contributed by atoms with E-state index in [0.717, 1.165) is 57.8 Å². The average molecular weight is 771 g/mol. The summed E-state index contributed by atoms with van der Waals surface area (Å²) >= 11 is 0. The molecule has 0 spiro atoms. The summed E-state index contributed by atoms with van der Waals surface area (Å²) in [7, 11) is 5.49. The van der Waals surface area contributed by atoms with Crippen LogP contribution < -0.4 is 0 Å². The molecule has 0 aromatic carbocycles. The Morgan fingerprint density at radius 1 is 0.564 bits per heavy atom. The first-order chi connectivity index (χ1) is 26.6. The molecule has 0 amide bonds. The number of nitrogens with zero attached hydrogens (tertiary/aromatic N) is 1. The Kier molecular flexibility index (Phi) is 35.5. The molecule has 8 heteroatoms. The molecule has 2 unspecified atom stereocenters. The van der Waals surface area contributed by atoms with Crippen LogP contribution in [0.4, 0.5) is 0 Å². The number of carbonyl (C=O) groups is 3. The number of allylic oxidation sites excluding steroid dienone is 12. The molecular weight excluding hydrogens is 691 g/mol. The van der Waals surface area contributed by atoms with Crippen molar-refractivity contribution >= 4 is 17.9 Å². The van der Waals surface area contributed by atoms with Crippen molar-refractivity contribution in [1.29, 1.82) is 0 Å². The van der Waals surface area contributed by atoms with Crippen LogP contribution in [0, 0.1) is 0 Å². The normalized spacial score (nSPS) is 13.7. The lowest BCUT2D eigenvalue weighted by molar-refractivity contribution is -0.887. The fraction of sp³-hybridized carbons (Fsp3) is 0.681. The van der Waals surface area contributed by atoms with Crippen molar-refractivity contribution in [2.24, 2.45) is 0 Å². The zero-order valence-electron chi connectivity index (χ0n) is 35.6. The monoisotopic (exact) mass is 771 g/mol. The SMILES string of the molecule is CCCCC/C=C/C=C/C=C/C=C/CCCCCCCC(=O)OC(COCCC(C(=O)O)[N+](C)(C)C)COC(=O)CC/C=C/C/C=C/CCCCCCCC. The molecular formula is C47H80NO7+. The van der Waals surface area contributed by atoms with Gasteiger partial charge in [-0.2, -0.15) is 0 Å². The van der Waals surface area contributed by atoms with E-state index in [-0.39, 0.29) is 49.1 Å². The Bertz CT molecular complexity index is 1130. The maximum atomic E-state index is 12.7. The Labute approximate surface area is 336 Å². The molecule has 8 nitrogen and oxygen atoms in total. The van der Waals surface area contributed by atoms with Crippen LogP contribution in [0.5, 0.6) is 0 Å². The predicted octanol–water partition coefficient (Wildman–Crippen LogP) is 11.6. The van der Waals surface area contributed by atoms with E-state index in [2.05, 4.69) is 74.6 Å². The highest BCUT2D eigenvalue weighted by Crippen LogP contribution is 2.12. The fourth-order valence-corrected chi connectivity index (χ4v) is 5.80. The van der Waals surface area contributed by atoms with Gasteiger partial charge in [0.25, 0.3) is 0 Å². The summed E-state index contributed by atoms with van der Waals surface area (Å²) < 4.78 is 17.2. The van der Waals surface area contributed by atoms with Crippen LogP contribution in [0.1, 0.15) is 155 Å². The van der Waals surface area contributed by atoms with Crippen LogP contribution in [0.25, 0.3) is 0 Å². The summed E-state index contributed by atoms with van der Waals surface area (Å²) in [6.45, 7) is 4.58. The molecule has 0 aromatic heterocycles. The van der Waals surface area contributed by atoms with Gasteiger partial charge in [-0.05, 0) is 57.8 Å². The van der Waals surface area contributed by atoms with Crippen LogP contribution in [-0.4, -0.2) is 80.6 Å². The molecule has 2 atom stereocenters. The molecule has 0 bridgehead atoms. The minimum atomic E-state index is -0.889. The average Bonchev–Trinajstić information content (AvgIpc) is 3.14. The number of carboxylic acid groups (broad SMARTS) is 1. The van der Waals surface area contributed by atoms with Crippen molar-refractivity contribution in [1.82, 2.24) is 0 Å². The molecule has 0 aliphatic heterocycles. The highest BCUT2D eigenvalue weighted by molar-refractivity contribution is 5.72. The minimum Gasteiger partial charge on any atom is -0.477 e. The Morgan fingerprint density at radius 2 is 1.07 bits per heavy atom. The molecule has 314 valence electrons. The van der Waals surface area contributed by atoms with Crippen molar-refractivity contribution in [3.05, 3.63) is 72.9 Å². The molecule has 0 saturated heterocycles. The lowest BCUT2D eigenvalue weighted by atomic mass is 10.1. The first kappa shape index (κ1) is 51.8. The van der Waals surface area contributed by atoms with E-state index in [1.807, 2.05) is 33.3 Å². The van der Waals surface area contributed by atoms with Gasteiger partial charge < -0.3 is 23.8 Å². The highest BCUT2D eigenvalue weighted by Gasteiger charge is 2.31. The molecule has 1 N–H and O–H groups in total. The Morgan fingerprint density at radius 3 is 1.67 bits per heavy atom. The first-order valence-corrected chi connectivity index (χ1v) is 21.5.